The van der Waals surface area contributed by atoms with Crippen LogP contribution in [0.25, 0.3) is 6.08 Å². The van der Waals surface area contributed by atoms with E-state index in [0.717, 1.165) is 12.3 Å². The third kappa shape index (κ3) is 5.59. The normalized spacial score (nSPS) is 36.4. The lowest BCUT2D eigenvalue weighted by Gasteiger charge is -2.44. The zero-order valence-electron chi connectivity index (χ0n) is 19.8. The number of fused-ring (bicyclic) bond motifs is 1. The van der Waals surface area contributed by atoms with E-state index in [0.29, 0.717) is 5.56 Å². The van der Waals surface area contributed by atoms with Gasteiger partial charge in [-0.1, -0.05) is 24.3 Å². The third-order valence-corrected chi connectivity index (χ3v) is 6.65. The predicted molar refractivity (Wildman–Crippen MR) is 125 cm³/mol. The molecule has 4 rings (SSSR count). The van der Waals surface area contributed by atoms with E-state index in [-0.39, 0.29) is 11.3 Å². The lowest BCUT2D eigenvalue weighted by atomic mass is 9.79. The van der Waals surface area contributed by atoms with E-state index in [1.807, 2.05) is 0 Å². The Hall–Kier alpha value is -3.30. The van der Waals surface area contributed by atoms with Crippen molar-refractivity contribution in [3.8, 4) is 5.75 Å². The van der Waals surface area contributed by atoms with E-state index >= 15 is 0 Å². The van der Waals surface area contributed by atoms with Crippen LogP contribution < -0.4 is 0 Å². The number of carboxylic acid groups (broad SMARTS) is 1. The Balaban J connectivity index is 1.50. The molecular formula is C25H28O13. The molecule has 206 valence electrons. The van der Waals surface area contributed by atoms with Crippen molar-refractivity contribution < 1.29 is 64.3 Å². The maximum Gasteiger partial charge on any atom is 0.335 e. The molecule has 0 aromatic heterocycles. The summed E-state index contributed by atoms with van der Waals surface area (Å²) < 4.78 is 21.6. The van der Waals surface area contributed by atoms with Gasteiger partial charge in [-0.3, -0.25) is 0 Å². The molecule has 9 atom stereocenters. The summed E-state index contributed by atoms with van der Waals surface area (Å²) in [5.41, 5.74) is -1.58. The first-order chi connectivity index (χ1) is 18.0. The summed E-state index contributed by atoms with van der Waals surface area (Å²) in [6.07, 6.45) is -3.40. The van der Waals surface area contributed by atoms with Gasteiger partial charge in [0.15, 0.2) is 6.29 Å². The van der Waals surface area contributed by atoms with Gasteiger partial charge in [-0.25, -0.2) is 9.59 Å². The number of benzene rings is 1. The fraction of sp³-hybridized carbons (Fsp3) is 0.440. The molecule has 0 saturated carbocycles. The molecule has 0 radical (unpaired) electrons. The highest BCUT2D eigenvalue weighted by molar-refractivity contribution is 5.88. The SMILES string of the molecule is O=C(C=Cc1ccc(O)cc1)OCC1(O)C=CC2C(C(=O)O)=COC(O[C@@H]3O[C@H](CO)[C@@H](O)[C@H](O)[C@H]3O)C21. The van der Waals surface area contributed by atoms with Crippen molar-refractivity contribution in [3.05, 3.63) is 59.9 Å². The number of ether oxygens (including phenoxy) is 4. The molecule has 0 amide bonds. The second-order valence-corrected chi connectivity index (χ2v) is 9.15. The number of esters is 1. The largest absolute Gasteiger partial charge is 0.508 e. The van der Waals surface area contributed by atoms with Crippen molar-refractivity contribution in [3.63, 3.8) is 0 Å². The molecule has 38 heavy (non-hydrogen) atoms. The number of phenolic OH excluding ortho intramolecular Hbond substituents is 1. The van der Waals surface area contributed by atoms with E-state index in [1.54, 1.807) is 12.1 Å². The number of aliphatic carboxylic acids is 1. The zero-order valence-corrected chi connectivity index (χ0v) is 19.8. The van der Waals surface area contributed by atoms with E-state index in [9.17, 15) is 45.3 Å². The number of rotatable bonds is 8. The van der Waals surface area contributed by atoms with Crippen LogP contribution in [-0.2, 0) is 28.5 Å². The van der Waals surface area contributed by atoms with Crippen LogP contribution >= 0.6 is 0 Å². The topological polar surface area (TPSA) is 213 Å². The standard InChI is InChI=1S/C25H28O13/c26-9-16-19(29)20(30)21(31)24(37-16)38-23-18-14(15(10-35-23)22(32)33)7-8-25(18,34)11-36-17(28)6-3-12-1-4-13(27)5-2-12/h1-8,10,14,16,18-21,23-24,26-27,29-31,34H,9,11H2,(H,32,33)/t14?,16-,18?,19-,20+,21-,23?,24+,25?/m1/s1. The summed E-state index contributed by atoms with van der Waals surface area (Å²) in [4.78, 5) is 24.1. The quantitative estimate of drug-likeness (QED) is 0.116. The molecule has 1 aliphatic carbocycles. The van der Waals surface area contributed by atoms with Crippen molar-refractivity contribution in [2.24, 2.45) is 11.8 Å². The number of phenols is 1. The van der Waals surface area contributed by atoms with Gasteiger partial charge in [0.2, 0.25) is 6.29 Å². The summed E-state index contributed by atoms with van der Waals surface area (Å²) in [7, 11) is 0. The fourth-order valence-corrected chi connectivity index (χ4v) is 4.57. The van der Waals surface area contributed by atoms with Crippen LogP contribution in [0.2, 0.25) is 0 Å². The minimum Gasteiger partial charge on any atom is -0.508 e. The maximum atomic E-state index is 12.3. The van der Waals surface area contributed by atoms with Crippen LogP contribution in [0.15, 0.2) is 54.3 Å². The molecule has 0 spiro atoms. The number of carboxylic acids is 1. The molecule has 1 fully saturated rings. The van der Waals surface area contributed by atoms with Crippen LogP contribution in [0.3, 0.4) is 0 Å². The number of allylic oxidation sites excluding steroid dienone is 1. The van der Waals surface area contributed by atoms with Gasteiger partial charge in [-0.15, -0.1) is 0 Å². The molecule has 13 heteroatoms. The number of carbonyl (C=O) groups excluding carboxylic acids is 1. The minimum atomic E-state index is -1.97. The average molecular weight is 536 g/mol. The van der Waals surface area contributed by atoms with E-state index in [1.165, 1.54) is 30.4 Å². The first-order valence-corrected chi connectivity index (χ1v) is 11.6. The van der Waals surface area contributed by atoms with Gasteiger partial charge in [0, 0.05) is 12.0 Å². The van der Waals surface area contributed by atoms with Crippen LogP contribution in [0.4, 0.5) is 0 Å². The summed E-state index contributed by atoms with van der Waals surface area (Å²) in [6.45, 7) is -1.32. The van der Waals surface area contributed by atoms with Crippen LogP contribution in [-0.4, -0.2) is 103 Å². The summed E-state index contributed by atoms with van der Waals surface area (Å²) >= 11 is 0. The second kappa shape index (κ2) is 11.2. The van der Waals surface area contributed by atoms with E-state index in [4.69, 9.17) is 18.9 Å². The number of aliphatic hydroxyl groups is 5. The highest BCUT2D eigenvalue weighted by atomic mass is 16.8. The molecule has 3 aliphatic rings. The molecular weight excluding hydrogens is 508 g/mol. The third-order valence-electron chi connectivity index (χ3n) is 6.65. The molecule has 2 aliphatic heterocycles. The molecule has 2 heterocycles. The Morgan fingerprint density at radius 1 is 1.05 bits per heavy atom. The summed E-state index contributed by atoms with van der Waals surface area (Å²) in [5.74, 6) is -4.23. The Morgan fingerprint density at radius 2 is 1.76 bits per heavy atom. The second-order valence-electron chi connectivity index (χ2n) is 9.15. The Morgan fingerprint density at radius 3 is 2.42 bits per heavy atom. The van der Waals surface area contributed by atoms with Crippen molar-refractivity contribution in [1.82, 2.24) is 0 Å². The van der Waals surface area contributed by atoms with Gasteiger partial charge in [0.25, 0.3) is 0 Å². The number of aliphatic hydroxyl groups excluding tert-OH is 4. The van der Waals surface area contributed by atoms with Crippen LogP contribution in [0.5, 0.6) is 5.75 Å². The van der Waals surface area contributed by atoms with Gasteiger partial charge >= 0.3 is 11.9 Å². The van der Waals surface area contributed by atoms with Crippen molar-refractivity contribution >= 4 is 18.0 Å². The molecule has 1 aromatic carbocycles. The van der Waals surface area contributed by atoms with Crippen LogP contribution in [0, 0.1) is 11.8 Å². The zero-order chi connectivity index (χ0) is 27.6. The average Bonchev–Trinajstić information content (AvgIpc) is 3.25. The Labute approximate surface area is 216 Å². The first-order valence-electron chi connectivity index (χ1n) is 11.6. The molecule has 0 bridgehead atoms. The number of hydrogen-bond donors (Lipinski definition) is 7. The van der Waals surface area contributed by atoms with Gasteiger partial charge < -0.3 is 54.7 Å². The minimum absolute atomic E-state index is 0.0551. The lowest BCUT2D eigenvalue weighted by Crippen LogP contribution is -2.61. The fourth-order valence-electron chi connectivity index (χ4n) is 4.57. The lowest BCUT2D eigenvalue weighted by molar-refractivity contribution is -0.346. The summed E-state index contributed by atoms with van der Waals surface area (Å²) in [5, 5.41) is 70.1. The maximum absolute atomic E-state index is 12.3. The number of hydrogen-bond acceptors (Lipinski definition) is 12. The Bertz CT molecular complexity index is 1110. The highest BCUT2D eigenvalue weighted by Gasteiger charge is 2.56. The van der Waals surface area contributed by atoms with Gasteiger partial charge in [-0.05, 0) is 23.8 Å². The molecule has 4 unspecified atom stereocenters. The summed E-state index contributed by atoms with van der Waals surface area (Å²) in [6, 6.07) is 6.00. The molecule has 13 nitrogen and oxygen atoms in total. The van der Waals surface area contributed by atoms with Crippen LogP contribution in [0.1, 0.15) is 5.56 Å². The number of aromatic hydroxyl groups is 1. The van der Waals surface area contributed by atoms with Gasteiger partial charge in [0.05, 0.1) is 24.4 Å². The van der Waals surface area contributed by atoms with Crippen molar-refractivity contribution in [1.29, 1.82) is 0 Å². The molecule has 1 aromatic rings. The smallest absolute Gasteiger partial charge is 0.335 e. The predicted octanol–water partition coefficient (Wildman–Crippen LogP) is -1.38. The monoisotopic (exact) mass is 536 g/mol. The van der Waals surface area contributed by atoms with Gasteiger partial charge in [-0.2, -0.15) is 0 Å². The van der Waals surface area contributed by atoms with Crippen molar-refractivity contribution in [2.75, 3.05) is 13.2 Å². The van der Waals surface area contributed by atoms with E-state index in [2.05, 4.69) is 0 Å². The van der Waals surface area contributed by atoms with Crippen molar-refractivity contribution in [2.45, 2.75) is 42.6 Å². The first kappa shape index (κ1) is 27.7. The molecule has 7 N–H and O–H groups in total. The highest BCUT2D eigenvalue weighted by Crippen LogP contribution is 2.45. The van der Waals surface area contributed by atoms with Gasteiger partial charge in [0.1, 0.15) is 42.4 Å². The Kier molecular flexibility index (Phi) is 8.18. The number of carbonyl (C=O) groups is 2. The van der Waals surface area contributed by atoms with E-state index < -0.39 is 79.6 Å². The molecule has 1 saturated heterocycles.